The van der Waals surface area contributed by atoms with Crippen LogP contribution in [0.15, 0.2) is 24.3 Å². The van der Waals surface area contributed by atoms with Gasteiger partial charge in [-0.05, 0) is 24.3 Å². The summed E-state index contributed by atoms with van der Waals surface area (Å²) in [5, 5.41) is 29.5. The van der Waals surface area contributed by atoms with Gasteiger partial charge in [0.2, 0.25) is 0 Å². The molecule has 1 amide bonds. The number of aromatic nitrogens is 2. The zero-order chi connectivity index (χ0) is 17.9. The first-order chi connectivity index (χ1) is 11.9. The van der Waals surface area contributed by atoms with Gasteiger partial charge in [0.25, 0.3) is 5.91 Å². The lowest BCUT2D eigenvalue weighted by molar-refractivity contribution is 0.0479. The number of fused-ring (bicyclic) bond motifs is 3. The highest BCUT2D eigenvalue weighted by Gasteiger charge is 2.47. The van der Waals surface area contributed by atoms with Crippen molar-refractivity contribution in [1.29, 1.82) is 5.26 Å². The van der Waals surface area contributed by atoms with Gasteiger partial charge in [-0.15, -0.1) is 0 Å². The van der Waals surface area contributed by atoms with Crippen molar-refractivity contribution in [2.75, 3.05) is 5.73 Å². The summed E-state index contributed by atoms with van der Waals surface area (Å²) in [5.41, 5.74) is 4.31. The minimum atomic E-state index is -2.11. The number of nitrogen functional groups attached to an aromatic ring is 1. The SMILES string of the molecule is N#Cc1n[nH]c2c3c(c(N)cc12)C(O)(c1cc(F)ccc1Cl)NC3=O. The molecule has 3 aromatic rings. The average molecular weight is 358 g/mol. The molecule has 25 heavy (non-hydrogen) atoms. The summed E-state index contributed by atoms with van der Waals surface area (Å²) in [4.78, 5) is 12.5. The Morgan fingerprint density at radius 2 is 2.16 bits per heavy atom. The highest BCUT2D eigenvalue weighted by Crippen LogP contribution is 2.44. The highest BCUT2D eigenvalue weighted by atomic mass is 35.5. The van der Waals surface area contributed by atoms with Crippen molar-refractivity contribution in [3.8, 4) is 6.07 Å². The first-order valence-corrected chi connectivity index (χ1v) is 7.46. The molecular formula is C16H9ClFN5O2. The first-order valence-electron chi connectivity index (χ1n) is 7.08. The maximum absolute atomic E-state index is 13.7. The van der Waals surface area contributed by atoms with Crippen LogP contribution in [0.25, 0.3) is 10.9 Å². The number of aromatic amines is 1. The van der Waals surface area contributed by atoms with E-state index in [1.165, 1.54) is 12.1 Å². The molecule has 0 bridgehead atoms. The van der Waals surface area contributed by atoms with E-state index in [2.05, 4.69) is 15.5 Å². The maximum Gasteiger partial charge on any atom is 0.256 e. The predicted molar refractivity (Wildman–Crippen MR) is 87.1 cm³/mol. The zero-order valence-electron chi connectivity index (χ0n) is 12.4. The molecule has 124 valence electrons. The number of hydrogen-bond donors (Lipinski definition) is 4. The number of nitrogens with two attached hydrogens (primary N) is 1. The Hall–Kier alpha value is -3.15. The van der Waals surface area contributed by atoms with Crippen molar-refractivity contribution in [3.63, 3.8) is 0 Å². The molecule has 2 aromatic carbocycles. The Balaban J connectivity index is 2.09. The summed E-state index contributed by atoms with van der Waals surface area (Å²) in [7, 11) is 0. The molecule has 1 atom stereocenters. The summed E-state index contributed by atoms with van der Waals surface area (Å²) in [5.74, 6) is -1.29. The van der Waals surface area contributed by atoms with E-state index in [0.29, 0.717) is 5.39 Å². The van der Waals surface area contributed by atoms with E-state index < -0.39 is 17.4 Å². The summed E-state index contributed by atoms with van der Waals surface area (Å²) < 4.78 is 13.7. The van der Waals surface area contributed by atoms with Crippen LogP contribution in [0.1, 0.15) is 27.2 Å². The number of rotatable bonds is 1. The molecule has 0 radical (unpaired) electrons. The normalized spacial score (nSPS) is 18.9. The Morgan fingerprint density at radius 1 is 1.40 bits per heavy atom. The number of amides is 1. The molecule has 9 heteroatoms. The van der Waals surface area contributed by atoms with Gasteiger partial charge in [0.05, 0.1) is 11.1 Å². The van der Waals surface area contributed by atoms with Crippen LogP contribution in [-0.4, -0.2) is 21.2 Å². The van der Waals surface area contributed by atoms with Gasteiger partial charge in [0.15, 0.2) is 11.4 Å². The number of nitrogens with one attached hydrogen (secondary N) is 2. The molecule has 0 aliphatic carbocycles. The average Bonchev–Trinajstić information content (AvgIpc) is 3.09. The van der Waals surface area contributed by atoms with Crippen LogP contribution in [0, 0.1) is 17.1 Å². The first kappa shape index (κ1) is 15.4. The topological polar surface area (TPSA) is 128 Å². The minimum absolute atomic E-state index is 0.0330. The van der Waals surface area contributed by atoms with Crippen LogP contribution >= 0.6 is 11.6 Å². The summed E-state index contributed by atoms with van der Waals surface area (Å²) in [6, 6.07) is 6.74. The number of nitriles is 1. The number of carbonyl (C=O) groups excluding carboxylic acids is 1. The molecule has 1 aliphatic rings. The quantitative estimate of drug-likeness (QED) is 0.493. The third-order valence-corrected chi connectivity index (χ3v) is 4.53. The number of nitrogens with zero attached hydrogens (tertiary/aromatic N) is 2. The number of hydrogen-bond acceptors (Lipinski definition) is 5. The van der Waals surface area contributed by atoms with Crippen LogP contribution in [0.2, 0.25) is 5.02 Å². The van der Waals surface area contributed by atoms with Gasteiger partial charge in [0.1, 0.15) is 11.9 Å². The predicted octanol–water partition coefficient (Wildman–Crippen LogP) is 1.75. The fourth-order valence-corrected chi connectivity index (χ4v) is 3.40. The second-order valence-electron chi connectivity index (χ2n) is 5.61. The van der Waals surface area contributed by atoms with Gasteiger partial charge in [0, 0.05) is 27.2 Å². The van der Waals surface area contributed by atoms with Crippen molar-refractivity contribution in [3.05, 3.63) is 57.5 Å². The number of benzene rings is 2. The smallest absolute Gasteiger partial charge is 0.256 e. The van der Waals surface area contributed by atoms with E-state index in [4.69, 9.17) is 22.6 Å². The van der Waals surface area contributed by atoms with Gasteiger partial charge >= 0.3 is 0 Å². The van der Waals surface area contributed by atoms with E-state index in [1.54, 1.807) is 0 Å². The molecule has 7 nitrogen and oxygen atoms in total. The summed E-state index contributed by atoms with van der Waals surface area (Å²) in [6.07, 6.45) is 0. The molecule has 4 rings (SSSR count). The van der Waals surface area contributed by atoms with Crippen LogP contribution in [-0.2, 0) is 5.72 Å². The van der Waals surface area contributed by atoms with E-state index in [0.717, 1.165) is 12.1 Å². The van der Waals surface area contributed by atoms with Gasteiger partial charge in [-0.1, -0.05) is 11.6 Å². The lowest BCUT2D eigenvalue weighted by atomic mass is 9.91. The van der Waals surface area contributed by atoms with E-state index in [1.807, 2.05) is 6.07 Å². The number of anilines is 1. The van der Waals surface area contributed by atoms with Crippen molar-refractivity contribution in [2.24, 2.45) is 0 Å². The van der Waals surface area contributed by atoms with Crippen molar-refractivity contribution in [1.82, 2.24) is 15.5 Å². The number of H-pyrrole nitrogens is 1. The lowest BCUT2D eigenvalue weighted by Gasteiger charge is -2.26. The van der Waals surface area contributed by atoms with E-state index in [9.17, 15) is 14.3 Å². The van der Waals surface area contributed by atoms with Crippen molar-refractivity contribution in [2.45, 2.75) is 5.72 Å². The Morgan fingerprint density at radius 3 is 2.88 bits per heavy atom. The zero-order valence-corrected chi connectivity index (χ0v) is 13.1. The molecule has 1 aromatic heterocycles. The van der Waals surface area contributed by atoms with Gasteiger partial charge in [-0.25, -0.2) is 4.39 Å². The van der Waals surface area contributed by atoms with Gasteiger partial charge in [-0.3, -0.25) is 9.89 Å². The Bertz CT molecular complexity index is 1120. The number of halogens is 2. The second-order valence-corrected chi connectivity index (χ2v) is 6.02. The maximum atomic E-state index is 13.7. The van der Waals surface area contributed by atoms with E-state index in [-0.39, 0.29) is 38.6 Å². The van der Waals surface area contributed by atoms with Crippen LogP contribution in [0.5, 0.6) is 0 Å². The van der Waals surface area contributed by atoms with Crippen molar-refractivity contribution >= 4 is 34.1 Å². The molecule has 1 aliphatic heterocycles. The monoisotopic (exact) mass is 357 g/mol. The molecule has 0 saturated heterocycles. The van der Waals surface area contributed by atoms with Crippen LogP contribution < -0.4 is 11.1 Å². The fraction of sp³-hybridized carbons (Fsp3) is 0.0625. The third-order valence-electron chi connectivity index (χ3n) is 4.20. The van der Waals surface area contributed by atoms with E-state index >= 15 is 0 Å². The molecule has 5 N–H and O–H groups in total. The Kier molecular flexibility index (Phi) is 3.03. The molecular weight excluding hydrogens is 349 g/mol. The van der Waals surface area contributed by atoms with Crippen molar-refractivity contribution < 1.29 is 14.3 Å². The highest BCUT2D eigenvalue weighted by molar-refractivity contribution is 6.31. The summed E-state index contributed by atoms with van der Waals surface area (Å²) in [6.45, 7) is 0. The third kappa shape index (κ3) is 1.94. The molecule has 0 saturated carbocycles. The molecule has 1 unspecified atom stereocenters. The largest absolute Gasteiger partial charge is 0.398 e. The molecule has 0 spiro atoms. The van der Waals surface area contributed by atoms with Crippen LogP contribution in [0.4, 0.5) is 10.1 Å². The van der Waals surface area contributed by atoms with Gasteiger partial charge in [-0.2, -0.15) is 10.4 Å². The standard InChI is InChI=1S/C16H9ClFN5O2/c17-9-2-1-6(18)3-8(9)16(25)13-10(20)4-7-11(5-19)22-23-14(7)12(13)15(24)21-16/h1-4,25H,20H2,(H,21,24)(H,22,23). The summed E-state index contributed by atoms with van der Waals surface area (Å²) >= 11 is 6.10. The number of carbonyl (C=O) groups is 1. The second kappa shape index (κ2) is 4.92. The number of aliphatic hydroxyl groups is 1. The minimum Gasteiger partial charge on any atom is -0.398 e. The Labute approximate surface area is 144 Å². The molecule has 2 heterocycles. The van der Waals surface area contributed by atoms with Gasteiger partial charge < -0.3 is 16.2 Å². The molecule has 0 fully saturated rings. The van der Waals surface area contributed by atoms with Crippen LogP contribution in [0.3, 0.4) is 0 Å². The fourth-order valence-electron chi connectivity index (χ4n) is 3.15. The lowest BCUT2D eigenvalue weighted by Crippen LogP contribution is -2.40.